The number of esters is 1. The number of carbonyl (C=O) groups is 1. The molecule has 3 aromatic rings. The maximum atomic E-state index is 13.0. The van der Waals surface area contributed by atoms with Crippen molar-refractivity contribution in [3.63, 3.8) is 0 Å². The van der Waals surface area contributed by atoms with Gasteiger partial charge in [0, 0.05) is 11.1 Å². The summed E-state index contributed by atoms with van der Waals surface area (Å²) in [6.07, 6.45) is 0.0339. The van der Waals surface area contributed by atoms with Crippen LogP contribution in [-0.4, -0.2) is 37.6 Å². The molecule has 0 amide bonds. The lowest BCUT2D eigenvalue weighted by molar-refractivity contribution is 0.0600. The Balaban J connectivity index is 2.05. The minimum atomic E-state index is -4.11. The molecule has 180 valence electrons. The first-order valence-electron chi connectivity index (χ1n) is 10.5. The molecule has 0 saturated carbocycles. The van der Waals surface area contributed by atoms with Gasteiger partial charge in [0.05, 0.1) is 36.0 Å². The van der Waals surface area contributed by atoms with E-state index >= 15 is 0 Å². The number of aryl methyl sites for hydroxylation is 1. The lowest BCUT2D eigenvalue weighted by Crippen LogP contribution is -2.17. The van der Waals surface area contributed by atoms with Gasteiger partial charge in [0.1, 0.15) is 5.15 Å². The predicted molar refractivity (Wildman–Crippen MR) is 130 cm³/mol. The molecule has 1 aromatic heterocycles. The van der Waals surface area contributed by atoms with Gasteiger partial charge in [-0.05, 0) is 57.0 Å². The van der Waals surface area contributed by atoms with Crippen LogP contribution in [0.2, 0.25) is 5.15 Å². The first-order chi connectivity index (χ1) is 16.0. The average Bonchev–Trinajstić information content (AvgIpc) is 2.79. The van der Waals surface area contributed by atoms with Gasteiger partial charge < -0.3 is 9.47 Å². The van der Waals surface area contributed by atoms with Crippen LogP contribution in [-0.2, 0) is 26.1 Å². The van der Waals surface area contributed by atoms with E-state index in [-0.39, 0.29) is 27.7 Å². The van der Waals surface area contributed by atoms with Crippen LogP contribution in [0.1, 0.15) is 40.9 Å². The summed E-state index contributed by atoms with van der Waals surface area (Å²) in [6.45, 7) is 7.97. The third-order valence-electron chi connectivity index (χ3n) is 5.05. The van der Waals surface area contributed by atoms with Crippen LogP contribution < -0.4 is 4.72 Å². The van der Waals surface area contributed by atoms with Crippen molar-refractivity contribution in [3.05, 3.63) is 69.9 Å². The van der Waals surface area contributed by atoms with Gasteiger partial charge in [0.15, 0.2) is 0 Å². The Morgan fingerprint density at radius 3 is 2.50 bits per heavy atom. The minimum Gasteiger partial charge on any atom is -0.465 e. The van der Waals surface area contributed by atoms with Crippen LogP contribution in [0.5, 0.6) is 0 Å². The van der Waals surface area contributed by atoms with E-state index in [1.165, 1.54) is 31.4 Å². The number of nitrogens with one attached hydrogen (secondary N) is 1. The molecule has 8 nitrogen and oxygen atoms in total. The summed E-state index contributed by atoms with van der Waals surface area (Å²) in [6, 6.07) is 11.3. The Hall–Kier alpha value is -3.01. The fourth-order valence-corrected chi connectivity index (χ4v) is 4.47. The summed E-state index contributed by atoms with van der Waals surface area (Å²) in [5.74, 6) is -0.835. The molecule has 1 N–H and O–H groups in total. The number of halogens is 1. The SMILES string of the molecule is COC(=O)c1cccc(S(=O)(=O)Nc2nc(Cl)c(C)c(-c3c(C)cccc3COC(C)C)n2)c1. The lowest BCUT2D eigenvalue weighted by atomic mass is 9.97. The first-order valence-corrected chi connectivity index (χ1v) is 12.4. The molecule has 0 aliphatic carbocycles. The largest absolute Gasteiger partial charge is 0.465 e. The quantitative estimate of drug-likeness (QED) is 0.343. The second-order valence-corrected chi connectivity index (χ2v) is 9.95. The van der Waals surface area contributed by atoms with Crippen molar-refractivity contribution >= 4 is 33.5 Å². The number of aromatic nitrogens is 2. The van der Waals surface area contributed by atoms with Crippen LogP contribution in [0.15, 0.2) is 47.4 Å². The first kappa shape index (κ1) is 25.6. The molecule has 1 heterocycles. The number of benzene rings is 2. The summed E-state index contributed by atoms with van der Waals surface area (Å²) < 4.78 is 38.9. The number of hydrogen-bond donors (Lipinski definition) is 1. The molecule has 0 unspecified atom stereocenters. The molecule has 0 fully saturated rings. The smallest absolute Gasteiger partial charge is 0.337 e. The molecule has 10 heteroatoms. The Kier molecular flexibility index (Phi) is 7.91. The number of hydrogen-bond acceptors (Lipinski definition) is 7. The zero-order chi connectivity index (χ0) is 25.0. The van der Waals surface area contributed by atoms with Crippen molar-refractivity contribution < 1.29 is 22.7 Å². The van der Waals surface area contributed by atoms with E-state index in [0.29, 0.717) is 17.9 Å². The molecule has 2 aromatic carbocycles. The van der Waals surface area contributed by atoms with Crippen LogP contribution in [0.3, 0.4) is 0 Å². The van der Waals surface area contributed by atoms with E-state index in [9.17, 15) is 13.2 Å². The zero-order valence-corrected chi connectivity index (χ0v) is 21.1. The van der Waals surface area contributed by atoms with Crippen LogP contribution >= 0.6 is 11.6 Å². The van der Waals surface area contributed by atoms with Gasteiger partial charge in [0.25, 0.3) is 10.0 Å². The fraction of sp³-hybridized carbons (Fsp3) is 0.292. The normalized spacial score (nSPS) is 11.5. The van der Waals surface area contributed by atoms with Gasteiger partial charge in [-0.15, -0.1) is 0 Å². The van der Waals surface area contributed by atoms with Crippen molar-refractivity contribution in [2.24, 2.45) is 0 Å². The van der Waals surface area contributed by atoms with Gasteiger partial charge in [-0.25, -0.2) is 22.9 Å². The highest BCUT2D eigenvalue weighted by Crippen LogP contribution is 2.33. The van der Waals surface area contributed by atoms with Crippen LogP contribution in [0.25, 0.3) is 11.3 Å². The highest BCUT2D eigenvalue weighted by atomic mass is 35.5. The van der Waals surface area contributed by atoms with Gasteiger partial charge in [0.2, 0.25) is 5.95 Å². The molecule has 3 rings (SSSR count). The van der Waals surface area contributed by atoms with E-state index in [1.807, 2.05) is 39.0 Å². The molecular formula is C24H26ClN3O5S. The number of carbonyl (C=O) groups excluding carboxylic acids is 1. The number of anilines is 1. The van der Waals surface area contributed by atoms with Gasteiger partial charge >= 0.3 is 5.97 Å². The fourth-order valence-electron chi connectivity index (χ4n) is 3.31. The minimum absolute atomic E-state index is 0.0339. The Morgan fingerprint density at radius 1 is 1.12 bits per heavy atom. The number of methoxy groups -OCH3 is 1. The van der Waals surface area contributed by atoms with Crippen LogP contribution in [0.4, 0.5) is 5.95 Å². The topological polar surface area (TPSA) is 107 Å². The number of nitrogens with zero attached hydrogens (tertiary/aromatic N) is 2. The second-order valence-electron chi connectivity index (χ2n) is 7.91. The highest BCUT2D eigenvalue weighted by molar-refractivity contribution is 7.92. The van der Waals surface area contributed by atoms with E-state index < -0.39 is 16.0 Å². The summed E-state index contributed by atoms with van der Waals surface area (Å²) in [7, 11) is -2.89. The maximum Gasteiger partial charge on any atom is 0.337 e. The van der Waals surface area contributed by atoms with E-state index in [4.69, 9.17) is 16.3 Å². The molecule has 0 spiro atoms. The van der Waals surface area contributed by atoms with Gasteiger partial charge in [-0.3, -0.25) is 0 Å². The number of sulfonamides is 1. The Bertz CT molecular complexity index is 1330. The van der Waals surface area contributed by atoms with Crippen molar-refractivity contribution in [2.45, 2.75) is 45.3 Å². The number of rotatable bonds is 8. The Labute approximate surface area is 204 Å². The summed E-state index contributed by atoms with van der Waals surface area (Å²) in [4.78, 5) is 20.3. The molecule has 0 radical (unpaired) electrons. The average molecular weight is 504 g/mol. The molecule has 34 heavy (non-hydrogen) atoms. The summed E-state index contributed by atoms with van der Waals surface area (Å²) in [5, 5.41) is 0.116. The summed E-state index contributed by atoms with van der Waals surface area (Å²) >= 11 is 6.38. The Morgan fingerprint density at radius 2 is 1.82 bits per heavy atom. The maximum absolute atomic E-state index is 13.0. The van der Waals surface area contributed by atoms with Crippen molar-refractivity contribution in [3.8, 4) is 11.3 Å². The van der Waals surface area contributed by atoms with E-state index in [0.717, 1.165) is 16.7 Å². The molecule has 0 saturated heterocycles. The van der Waals surface area contributed by atoms with Crippen LogP contribution in [0, 0.1) is 13.8 Å². The highest BCUT2D eigenvalue weighted by Gasteiger charge is 2.22. The molecule has 0 aliphatic heterocycles. The monoisotopic (exact) mass is 503 g/mol. The lowest BCUT2D eigenvalue weighted by Gasteiger charge is -2.17. The van der Waals surface area contributed by atoms with E-state index in [2.05, 4.69) is 19.4 Å². The van der Waals surface area contributed by atoms with Gasteiger partial charge in [-0.1, -0.05) is 35.9 Å². The standard InChI is InChI=1S/C24H26ClN3O5S/c1-14(2)33-13-18-10-6-8-15(3)20(18)21-16(4)22(25)27-24(26-21)28-34(30,31)19-11-7-9-17(12-19)23(29)32-5/h6-12,14H,13H2,1-5H3,(H,26,27,28). The van der Waals surface area contributed by atoms with Crippen molar-refractivity contribution in [1.29, 1.82) is 0 Å². The summed E-state index contributed by atoms with van der Waals surface area (Å²) in [5.41, 5.74) is 3.84. The third-order valence-corrected chi connectivity index (χ3v) is 6.74. The third kappa shape index (κ3) is 5.72. The molecule has 0 aliphatic rings. The molecule has 0 atom stereocenters. The van der Waals surface area contributed by atoms with E-state index in [1.54, 1.807) is 6.92 Å². The molecular weight excluding hydrogens is 478 g/mol. The second kappa shape index (κ2) is 10.5. The van der Waals surface area contributed by atoms with Crippen molar-refractivity contribution in [1.82, 2.24) is 9.97 Å². The zero-order valence-electron chi connectivity index (χ0n) is 19.5. The molecule has 0 bridgehead atoms. The predicted octanol–water partition coefficient (Wildman–Crippen LogP) is 4.93. The number of ether oxygens (including phenoxy) is 2. The van der Waals surface area contributed by atoms with Crippen molar-refractivity contribution in [2.75, 3.05) is 11.8 Å². The van der Waals surface area contributed by atoms with Gasteiger partial charge in [-0.2, -0.15) is 4.98 Å².